The molecule has 0 aliphatic heterocycles. The predicted molar refractivity (Wildman–Crippen MR) is 57.3 cm³/mol. The largest absolute Gasteiger partial charge is 0.508 e. The Bertz CT molecular complexity index is 322. The molecule has 2 heteroatoms. The summed E-state index contributed by atoms with van der Waals surface area (Å²) in [5.41, 5.74) is 8.27. The van der Waals surface area contributed by atoms with E-state index in [1.807, 2.05) is 12.1 Å². The first-order valence-electron chi connectivity index (χ1n) is 5.30. The maximum absolute atomic E-state index is 9.38. The average Bonchev–Trinajstić information content (AvgIpc) is 2.17. The van der Waals surface area contributed by atoms with Crippen LogP contribution in [0.3, 0.4) is 0 Å². The molecule has 14 heavy (non-hydrogen) atoms. The third kappa shape index (κ3) is 1.90. The lowest BCUT2D eigenvalue weighted by Crippen LogP contribution is -2.17. The maximum atomic E-state index is 9.38. The van der Waals surface area contributed by atoms with Crippen LogP contribution in [0.15, 0.2) is 18.2 Å². The summed E-state index contributed by atoms with van der Waals surface area (Å²) in [6, 6.07) is 5.73. The Balaban J connectivity index is 2.16. The van der Waals surface area contributed by atoms with Crippen molar-refractivity contribution in [3.05, 3.63) is 29.3 Å². The molecule has 0 aromatic heterocycles. The van der Waals surface area contributed by atoms with Crippen LogP contribution in [-0.4, -0.2) is 11.7 Å². The molecule has 0 heterocycles. The standard InChI is InChI=1S/C12H17NO/c13-6-5-9-1-2-10-3-4-12(14)8-11(10)7-9/h3-4,8-9,14H,1-2,5-7,13H2. The number of hydrogen-bond donors (Lipinski definition) is 2. The van der Waals surface area contributed by atoms with Gasteiger partial charge in [-0.05, 0) is 61.4 Å². The van der Waals surface area contributed by atoms with Crippen molar-refractivity contribution in [3.63, 3.8) is 0 Å². The molecule has 1 aliphatic carbocycles. The van der Waals surface area contributed by atoms with Crippen LogP contribution in [0.1, 0.15) is 24.0 Å². The van der Waals surface area contributed by atoms with Gasteiger partial charge in [0.15, 0.2) is 0 Å². The van der Waals surface area contributed by atoms with Crippen LogP contribution in [0.2, 0.25) is 0 Å². The van der Waals surface area contributed by atoms with Gasteiger partial charge in [-0.1, -0.05) is 6.07 Å². The molecule has 0 amide bonds. The molecule has 1 aromatic rings. The quantitative estimate of drug-likeness (QED) is 0.749. The van der Waals surface area contributed by atoms with Crippen molar-refractivity contribution in [1.29, 1.82) is 0 Å². The third-order valence-electron chi connectivity index (χ3n) is 3.10. The SMILES string of the molecule is NCCC1CCc2ccc(O)cc2C1. The lowest BCUT2D eigenvalue weighted by atomic mass is 9.82. The van der Waals surface area contributed by atoms with E-state index < -0.39 is 0 Å². The minimum atomic E-state index is 0.386. The van der Waals surface area contributed by atoms with Crippen molar-refractivity contribution >= 4 is 0 Å². The average molecular weight is 191 g/mol. The second-order valence-corrected chi connectivity index (χ2v) is 4.14. The van der Waals surface area contributed by atoms with Gasteiger partial charge in [-0.15, -0.1) is 0 Å². The van der Waals surface area contributed by atoms with Crippen LogP contribution in [0.4, 0.5) is 0 Å². The van der Waals surface area contributed by atoms with Gasteiger partial charge in [-0.2, -0.15) is 0 Å². The van der Waals surface area contributed by atoms with E-state index in [-0.39, 0.29) is 0 Å². The molecule has 1 aromatic carbocycles. The minimum Gasteiger partial charge on any atom is -0.508 e. The van der Waals surface area contributed by atoms with Crippen molar-refractivity contribution in [2.24, 2.45) is 11.7 Å². The Morgan fingerprint density at radius 2 is 2.21 bits per heavy atom. The van der Waals surface area contributed by atoms with Crippen LogP contribution in [-0.2, 0) is 12.8 Å². The van der Waals surface area contributed by atoms with Crippen LogP contribution < -0.4 is 5.73 Å². The molecular weight excluding hydrogens is 174 g/mol. The van der Waals surface area contributed by atoms with Crippen LogP contribution in [0.25, 0.3) is 0 Å². The van der Waals surface area contributed by atoms with Gasteiger partial charge in [0.05, 0.1) is 0 Å². The number of aryl methyl sites for hydroxylation is 1. The summed E-state index contributed by atoms with van der Waals surface area (Å²) in [6.45, 7) is 0.777. The van der Waals surface area contributed by atoms with E-state index in [1.54, 1.807) is 6.07 Å². The van der Waals surface area contributed by atoms with E-state index in [0.29, 0.717) is 11.7 Å². The number of fused-ring (bicyclic) bond motifs is 1. The van der Waals surface area contributed by atoms with E-state index in [9.17, 15) is 5.11 Å². The van der Waals surface area contributed by atoms with Crippen molar-refractivity contribution < 1.29 is 5.11 Å². The Morgan fingerprint density at radius 3 is 3.00 bits per heavy atom. The van der Waals surface area contributed by atoms with Crippen molar-refractivity contribution in [3.8, 4) is 5.75 Å². The number of nitrogens with two attached hydrogens (primary N) is 1. The Labute approximate surface area is 84.7 Å². The highest BCUT2D eigenvalue weighted by atomic mass is 16.3. The van der Waals surface area contributed by atoms with Crippen molar-refractivity contribution in [2.75, 3.05) is 6.54 Å². The molecule has 0 saturated heterocycles. The Morgan fingerprint density at radius 1 is 1.36 bits per heavy atom. The molecule has 76 valence electrons. The van der Waals surface area contributed by atoms with Crippen molar-refractivity contribution in [1.82, 2.24) is 0 Å². The van der Waals surface area contributed by atoms with Gasteiger partial charge in [-0.3, -0.25) is 0 Å². The molecule has 1 aliphatic rings. The van der Waals surface area contributed by atoms with Gasteiger partial charge in [0.1, 0.15) is 5.75 Å². The van der Waals surface area contributed by atoms with Gasteiger partial charge in [0.25, 0.3) is 0 Å². The molecule has 0 spiro atoms. The lowest BCUT2D eigenvalue weighted by Gasteiger charge is -2.24. The fraction of sp³-hybridized carbons (Fsp3) is 0.500. The highest BCUT2D eigenvalue weighted by Crippen LogP contribution is 2.29. The molecular formula is C12H17NO. The lowest BCUT2D eigenvalue weighted by molar-refractivity contribution is 0.428. The highest BCUT2D eigenvalue weighted by Gasteiger charge is 2.17. The van der Waals surface area contributed by atoms with Gasteiger partial charge in [-0.25, -0.2) is 0 Å². The summed E-state index contributed by atoms with van der Waals surface area (Å²) in [5, 5.41) is 9.38. The van der Waals surface area contributed by atoms with E-state index in [1.165, 1.54) is 17.5 Å². The molecule has 0 fully saturated rings. The summed E-state index contributed by atoms with van der Waals surface area (Å²) in [7, 11) is 0. The highest BCUT2D eigenvalue weighted by molar-refractivity contribution is 5.36. The first kappa shape index (κ1) is 9.53. The van der Waals surface area contributed by atoms with Gasteiger partial charge >= 0.3 is 0 Å². The monoisotopic (exact) mass is 191 g/mol. The fourth-order valence-electron chi connectivity index (χ4n) is 2.30. The smallest absolute Gasteiger partial charge is 0.115 e. The number of aromatic hydroxyl groups is 1. The summed E-state index contributed by atoms with van der Waals surface area (Å²) in [6.07, 6.45) is 4.57. The first-order chi connectivity index (χ1) is 6.79. The summed E-state index contributed by atoms with van der Waals surface area (Å²) >= 11 is 0. The number of phenols is 1. The Hall–Kier alpha value is -1.02. The van der Waals surface area contributed by atoms with Crippen LogP contribution in [0.5, 0.6) is 5.75 Å². The number of phenolic OH excluding ortho intramolecular Hbond substituents is 1. The molecule has 1 unspecified atom stereocenters. The van der Waals surface area contributed by atoms with Gasteiger partial charge < -0.3 is 10.8 Å². The van der Waals surface area contributed by atoms with E-state index >= 15 is 0 Å². The molecule has 1 atom stereocenters. The molecule has 2 rings (SSSR count). The number of rotatable bonds is 2. The maximum Gasteiger partial charge on any atom is 0.115 e. The summed E-state index contributed by atoms with van der Waals surface area (Å²) < 4.78 is 0. The predicted octanol–water partition coefficient (Wildman–Crippen LogP) is 1.85. The molecule has 0 bridgehead atoms. The van der Waals surface area contributed by atoms with E-state index in [4.69, 9.17) is 5.73 Å². The normalized spacial score (nSPS) is 20.5. The molecule has 3 N–H and O–H groups in total. The van der Waals surface area contributed by atoms with Gasteiger partial charge in [0.2, 0.25) is 0 Å². The number of benzene rings is 1. The Kier molecular flexibility index (Phi) is 2.73. The topological polar surface area (TPSA) is 46.2 Å². The second-order valence-electron chi connectivity index (χ2n) is 4.14. The zero-order valence-electron chi connectivity index (χ0n) is 8.37. The van der Waals surface area contributed by atoms with Crippen LogP contribution in [0, 0.1) is 5.92 Å². The first-order valence-corrected chi connectivity index (χ1v) is 5.30. The zero-order valence-corrected chi connectivity index (χ0v) is 8.37. The summed E-state index contributed by atoms with van der Waals surface area (Å²) in [4.78, 5) is 0. The second kappa shape index (κ2) is 4.01. The minimum absolute atomic E-state index is 0.386. The third-order valence-corrected chi connectivity index (χ3v) is 3.10. The fourth-order valence-corrected chi connectivity index (χ4v) is 2.30. The summed E-state index contributed by atoms with van der Waals surface area (Å²) in [5.74, 6) is 1.10. The van der Waals surface area contributed by atoms with E-state index in [0.717, 1.165) is 25.8 Å². The number of hydrogen-bond acceptors (Lipinski definition) is 2. The molecule has 0 radical (unpaired) electrons. The zero-order chi connectivity index (χ0) is 9.97. The van der Waals surface area contributed by atoms with Gasteiger partial charge in [0, 0.05) is 0 Å². The van der Waals surface area contributed by atoms with Crippen LogP contribution >= 0.6 is 0 Å². The van der Waals surface area contributed by atoms with E-state index in [2.05, 4.69) is 0 Å². The van der Waals surface area contributed by atoms with Crippen molar-refractivity contribution in [2.45, 2.75) is 25.7 Å². The molecule has 0 saturated carbocycles. The molecule has 2 nitrogen and oxygen atoms in total.